The van der Waals surface area contributed by atoms with Crippen molar-refractivity contribution in [1.29, 1.82) is 0 Å². The molecule has 0 spiro atoms. The smallest absolute Gasteiger partial charge is 0.254 e. The number of rotatable bonds is 6. The van der Waals surface area contributed by atoms with Crippen molar-refractivity contribution in [1.82, 2.24) is 5.32 Å². The first-order valence-corrected chi connectivity index (χ1v) is 8.91. The molecule has 1 aliphatic heterocycles. The van der Waals surface area contributed by atoms with E-state index in [9.17, 15) is 9.59 Å². The van der Waals surface area contributed by atoms with E-state index in [1.165, 1.54) is 12.5 Å². The van der Waals surface area contributed by atoms with E-state index >= 15 is 0 Å². The van der Waals surface area contributed by atoms with Crippen molar-refractivity contribution >= 4 is 29.1 Å². The first-order valence-electron chi connectivity index (χ1n) is 8.53. The van der Waals surface area contributed by atoms with E-state index in [4.69, 9.17) is 16.3 Å². The second-order valence-corrected chi connectivity index (χ2v) is 6.72. The minimum atomic E-state index is -0.681. The molecule has 0 saturated carbocycles. The number of hydrogen-bond acceptors (Lipinski definition) is 3. The van der Waals surface area contributed by atoms with Gasteiger partial charge in [-0.05, 0) is 31.5 Å². The Morgan fingerprint density at radius 2 is 1.96 bits per heavy atom. The van der Waals surface area contributed by atoms with Gasteiger partial charge in [-0.15, -0.1) is 0 Å². The standard InChI is InChI=1S/C20H21ClN2O3/c1-13-7-9-15(10-8-13)26-12-4-11-23-19-16(5-3-6-17(19)21)18(20(23)25)22-14(2)24/h3,5-10,18H,4,11-12H2,1-2H3,(H,22,24). The highest BCUT2D eigenvalue weighted by Crippen LogP contribution is 2.40. The van der Waals surface area contributed by atoms with Gasteiger partial charge in [0, 0.05) is 19.0 Å². The lowest BCUT2D eigenvalue weighted by molar-refractivity contribution is -0.126. The summed E-state index contributed by atoms with van der Waals surface area (Å²) in [6.07, 6.45) is 0.650. The summed E-state index contributed by atoms with van der Waals surface area (Å²) < 4.78 is 5.72. The quantitative estimate of drug-likeness (QED) is 0.787. The molecule has 0 radical (unpaired) electrons. The highest BCUT2D eigenvalue weighted by Gasteiger charge is 2.38. The monoisotopic (exact) mass is 372 g/mol. The van der Waals surface area contributed by atoms with E-state index in [0.29, 0.717) is 30.3 Å². The van der Waals surface area contributed by atoms with Crippen LogP contribution in [-0.4, -0.2) is 25.0 Å². The van der Waals surface area contributed by atoms with Crippen molar-refractivity contribution in [3.05, 3.63) is 58.6 Å². The maximum Gasteiger partial charge on any atom is 0.254 e. The summed E-state index contributed by atoms with van der Waals surface area (Å²) in [5.41, 5.74) is 2.58. The molecule has 1 aliphatic rings. The molecule has 5 nitrogen and oxygen atoms in total. The van der Waals surface area contributed by atoms with Crippen LogP contribution in [0.3, 0.4) is 0 Å². The number of benzene rings is 2. The number of ether oxygens (including phenoxy) is 1. The Balaban J connectivity index is 1.66. The molecule has 1 heterocycles. The third-order valence-corrected chi connectivity index (χ3v) is 4.58. The van der Waals surface area contributed by atoms with Gasteiger partial charge in [0.1, 0.15) is 11.8 Å². The number of carbonyl (C=O) groups excluding carboxylic acids is 2. The lowest BCUT2D eigenvalue weighted by Crippen LogP contribution is -2.37. The number of halogens is 1. The van der Waals surface area contributed by atoms with E-state index in [-0.39, 0.29) is 11.8 Å². The summed E-state index contributed by atoms with van der Waals surface area (Å²) in [5.74, 6) is 0.385. The molecule has 2 amide bonds. The molecule has 0 bridgehead atoms. The van der Waals surface area contributed by atoms with E-state index in [2.05, 4.69) is 5.32 Å². The van der Waals surface area contributed by atoms with Crippen molar-refractivity contribution in [2.45, 2.75) is 26.3 Å². The number of aryl methyl sites for hydroxylation is 1. The fourth-order valence-electron chi connectivity index (χ4n) is 3.06. The lowest BCUT2D eigenvalue weighted by Gasteiger charge is -2.19. The molecule has 1 unspecified atom stereocenters. The SMILES string of the molecule is CC(=O)NC1C(=O)N(CCCOc2ccc(C)cc2)c2c(Cl)cccc21. The Morgan fingerprint density at radius 1 is 1.23 bits per heavy atom. The van der Waals surface area contributed by atoms with Gasteiger partial charge >= 0.3 is 0 Å². The van der Waals surface area contributed by atoms with Crippen LogP contribution in [0.2, 0.25) is 5.02 Å². The van der Waals surface area contributed by atoms with Crippen LogP contribution in [-0.2, 0) is 9.59 Å². The molecule has 26 heavy (non-hydrogen) atoms. The van der Waals surface area contributed by atoms with Gasteiger partial charge in [-0.1, -0.05) is 41.4 Å². The van der Waals surface area contributed by atoms with Crippen LogP contribution < -0.4 is 15.0 Å². The van der Waals surface area contributed by atoms with Crippen molar-refractivity contribution in [3.63, 3.8) is 0 Å². The summed E-state index contributed by atoms with van der Waals surface area (Å²) in [4.78, 5) is 25.9. The lowest BCUT2D eigenvalue weighted by atomic mass is 10.1. The second-order valence-electron chi connectivity index (χ2n) is 6.32. The molecule has 2 aromatic carbocycles. The second kappa shape index (κ2) is 7.79. The molecule has 1 N–H and O–H groups in total. The summed E-state index contributed by atoms with van der Waals surface area (Å²) >= 11 is 6.32. The van der Waals surface area contributed by atoms with Gasteiger partial charge in [0.2, 0.25) is 5.91 Å². The zero-order chi connectivity index (χ0) is 18.7. The van der Waals surface area contributed by atoms with Crippen molar-refractivity contribution in [2.75, 3.05) is 18.1 Å². The van der Waals surface area contributed by atoms with Crippen LogP contribution in [0.4, 0.5) is 5.69 Å². The van der Waals surface area contributed by atoms with Crippen molar-refractivity contribution in [3.8, 4) is 5.75 Å². The molecule has 136 valence electrons. The first kappa shape index (κ1) is 18.3. The summed E-state index contributed by atoms with van der Waals surface area (Å²) in [6, 6.07) is 12.5. The molecule has 0 fully saturated rings. The third kappa shape index (κ3) is 3.83. The Labute approximate surface area is 157 Å². The number of carbonyl (C=O) groups is 2. The largest absolute Gasteiger partial charge is 0.494 e. The van der Waals surface area contributed by atoms with Gasteiger partial charge in [0.05, 0.1) is 17.3 Å². The summed E-state index contributed by atoms with van der Waals surface area (Å²) in [5, 5.41) is 3.21. The number of nitrogens with zero attached hydrogens (tertiary/aromatic N) is 1. The molecular weight excluding hydrogens is 352 g/mol. The third-order valence-electron chi connectivity index (χ3n) is 4.28. The van der Waals surface area contributed by atoms with Gasteiger partial charge in [-0.25, -0.2) is 0 Å². The minimum Gasteiger partial charge on any atom is -0.494 e. The predicted octanol–water partition coefficient (Wildman–Crippen LogP) is 3.64. The molecule has 0 aliphatic carbocycles. The maximum absolute atomic E-state index is 12.8. The first-order chi connectivity index (χ1) is 12.5. The molecular formula is C20H21ClN2O3. The summed E-state index contributed by atoms with van der Waals surface area (Å²) in [6.45, 7) is 4.37. The molecule has 6 heteroatoms. The molecule has 1 atom stereocenters. The van der Waals surface area contributed by atoms with Crippen LogP contribution in [0.5, 0.6) is 5.75 Å². The van der Waals surface area contributed by atoms with Gasteiger partial charge in [0.15, 0.2) is 0 Å². The Hall–Kier alpha value is -2.53. The maximum atomic E-state index is 12.8. The fraction of sp³-hybridized carbons (Fsp3) is 0.300. The highest BCUT2D eigenvalue weighted by atomic mass is 35.5. The van der Waals surface area contributed by atoms with E-state index in [1.54, 1.807) is 17.0 Å². The molecule has 0 aromatic heterocycles. The van der Waals surface area contributed by atoms with E-state index in [1.807, 2.05) is 37.3 Å². The van der Waals surface area contributed by atoms with Crippen LogP contribution in [0.15, 0.2) is 42.5 Å². The van der Waals surface area contributed by atoms with Crippen LogP contribution in [0.25, 0.3) is 0 Å². The zero-order valence-corrected chi connectivity index (χ0v) is 15.5. The predicted molar refractivity (Wildman–Crippen MR) is 102 cm³/mol. The van der Waals surface area contributed by atoms with E-state index < -0.39 is 6.04 Å². The average molecular weight is 373 g/mol. The van der Waals surface area contributed by atoms with Crippen LogP contribution >= 0.6 is 11.6 Å². The normalized spacial score (nSPS) is 15.7. The zero-order valence-electron chi connectivity index (χ0n) is 14.8. The van der Waals surface area contributed by atoms with Crippen LogP contribution in [0.1, 0.15) is 30.5 Å². The van der Waals surface area contributed by atoms with Gasteiger partial charge in [-0.2, -0.15) is 0 Å². The topological polar surface area (TPSA) is 58.6 Å². The minimum absolute atomic E-state index is 0.168. The number of fused-ring (bicyclic) bond motifs is 1. The molecule has 0 saturated heterocycles. The number of nitrogens with one attached hydrogen (secondary N) is 1. The van der Waals surface area contributed by atoms with Gasteiger partial charge in [-0.3, -0.25) is 9.59 Å². The number of anilines is 1. The fourth-order valence-corrected chi connectivity index (χ4v) is 3.34. The Kier molecular flexibility index (Phi) is 5.47. The number of amides is 2. The van der Waals surface area contributed by atoms with Crippen molar-refractivity contribution in [2.24, 2.45) is 0 Å². The van der Waals surface area contributed by atoms with E-state index in [0.717, 1.165) is 11.3 Å². The van der Waals surface area contributed by atoms with Gasteiger partial charge in [0.25, 0.3) is 5.91 Å². The molecule has 2 aromatic rings. The Bertz CT molecular complexity index is 820. The average Bonchev–Trinajstić information content (AvgIpc) is 2.86. The van der Waals surface area contributed by atoms with Crippen LogP contribution in [0, 0.1) is 6.92 Å². The van der Waals surface area contributed by atoms with Gasteiger partial charge < -0.3 is 15.0 Å². The highest BCUT2D eigenvalue weighted by molar-refractivity contribution is 6.34. The molecule has 3 rings (SSSR count). The van der Waals surface area contributed by atoms with Crippen molar-refractivity contribution < 1.29 is 14.3 Å². The number of hydrogen-bond donors (Lipinski definition) is 1. The Morgan fingerprint density at radius 3 is 2.65 bits per heavy atom. The summed E-state index contributed by atoms with van der Waals surface area (Å²) in [7, 11) is 0. The number of para-hydroxylation sites is 1.